The highest BCUT2D eigenvalue weighted by Gasteiger charge is 2.48. The molecule has 3 heterocycles. The molecule has 0 bridgehead atoms. The number of aromatic nitrogens is 1. The Morgan fingerprint density at radius 3 is 2.76 bits per heavy atom. The molecule has 6 rings (SSSR count). The lowest BCUT2D eigenvalue weighted by molar-refractivity contribution is -0.132. The molecular formula is C28H21ClN2O6S. The molecule has 1 amide bonds. The van der Waals surface area contributed by atoms with E-state index >= 15 is 0 Å². The van der Waals surface area contributed by atoms with Crippen molar-refractivity contribution in [3.8, 4) is 17.2 Å². The molecule has 1 aromatic heterocycles. The van der Waals surface area contributed by atoms with Gasteiger partial charge in [0.15, 0.2) is 16.6 Å². The third-order valence-corrected chi connectivity index (χ3v) is 7.93. The van der Waals surface area contributed by atoms with E-state index in [1.165, 1.54) is 35.5 Å². The van der Waals surface area contributed by atoms with Crippen LogP contribution in [0.25, 0.3) is 16.0 Å². The fraction of sp³-hybridized carbons (Fsp3) is 0.179. The number of aliphatic hydroxyl groups is 1. The van der Waals surface area contributed by atoms with Crippen LogP contribution in [0, 0.1) is 0 Å². The number of ether oxygens (including phenoxy) is 2. The lowest BCUT2D eigenvalue weighted by Crippen LogP contribution is -2.29. The van der Waals surface area contributed by atoms with E-state index in [9.17, 15) is 19.8 Å². The number of thiazole rings is 1. The first kappa shape index (κ1) is 24.3. The summed E-state index contributed by atoms with van der Waals surface area (Å²) in [7, 11) is 1.40. The number of hydrogen-bond donors (Lipinski definition) is 2. The number of amides is 1. The van der Waals surface area contributed by atoms with E-state index in [4.69, 9.17) is 21.1 Å². The summed E-state index contributed by atoms with van der Waals surface area (Å²) in [5.41, 5.74) is 2.28. The molecule has 192 valence electrons. The summed E-state index contributed by atoms with van der Waals surface area (Å²) in [5.74, 6) is -1.20. The molecule has 0 aliphatic carbocycles. The van der Waals surface area contributed by atoms with E-state index in [1.807, 2.05) is 6.92 Å². The zero-order chi connectivity index (χ0) is 26.7. The van der Waals surface area contributed by atoms with Crippen molar-refractivity contribution in [2.75, 3.05) is 12.0 Å². The molecule has 2 atom stereocenters. The van der Waals surface area contributed by atoms with Gasteiger partial charge in [0.1, 0.15) is 17.6 Å². The number of carbonyl (C=O) groups excluding carboxylic acids is 2. The van der Waals surface area contributed by atoms with Crippen LogP contribution in [-0.2, 0) is 16.0 Å². The standard InChI is InChI=1S/C28H21ClN2O6S/c1-13-9-16-10-15(4-8-20(16)37-13)25(33)23-24(14-3-7-19(32)21(11-14)36-2)31(27(35)26(23)34)28-30-18-6-5-17(29)12-22(18)38-28/h3-8,10-13,24,32-33H,9H2,1-2H3/b25-23+/t13-,24+/m1/s1. The molecule has 0 spiro atoms. The molecule has 1 fully saturated rings. The van der Waals surface area contributed by atoms with Crippen LogP contribution in [0.3, 0.4) is 0 Å². The van der Waals surface area contributed by atoms with Gasteiger partial charge < -0.3 is 19.7 Å². The lowest BCUT2D eigenvalue weighted by Gasteiger charge is -2.23. The van der Waals surface area contributed by atoms with Crippen LogP contribution in [0.1, 0.15) is 29.7 Å². The summed E-state index contributed by atoms with van der Waals surface area (Å²) >= 11 is 7.36. The number of anilines is 1. The summed E-state index contributed by atoms with van der Waals surface area (Å²) in [6.07, 6.45) is 0.669. The average Bonchev–Trinajstić information content (AvgIpc) is 3.56. The highest BCUT2D eigenvalue weighted by atomic mass is 35.5. The van der Waals surface area contributed by atoms with Gasteiger partial charge in [-0.2, -0.15) is 0 Å². The van der Waals surface area contributed by atoms with Crippen LogP contribution in [0.15, 0.2) is 60.2 Å². The van der Waals surface area contributed by atoms with E-state index in [0.29, 0.717) is 28.1 Å². The highest BCUT2D eigenvalue weighted by Crippen LogP contribution is 2.46. The zero-order valence-corrected chi connectivity index (χ0v) is 21.8. The molecular weight excluding hydrogens is 528 g/mol. The van der Waals surface area contributed by atoms with Gasteiger partial charge in [0, 0.05) is 17.0 Å². The predicted molar refractivity (Wildman–Crippen MR) is 144 cm³/mol. The second kappa shape index (κ2) is 9.04. The number of ketones is 1. The molecule has 38 heavy (non-hydrogen) atoms. The summed E-state index contributed by atoms with van der Waals surface area (Å²) in [4.78, 5) is 32.9. The van der Waals surface area contributed by atoms with E-state index in [-0.39, 0.29) is 34.1 Å². The van der Waals surface area contributed by atoms with Crippen molar-refractivity contribution in [1.82, 2.24) is 4.98 Å². The van der Waals surface area contributed by atoms with Crippen LogP contribution in [0.4, 0.5) is 5.13 Å². The quantitative estimate of drug-likeness (QED) is 0.194. The number of methoxy groups -OCH3 is 1. The van der Waals surface area contributed by atoms with Crippen LogP contribution in [0.5, 0.6) is 17.2 Å². The second-order valence-corrected chi connectivity index (χ2v) is 10.6. The van der Waals surface area contributed by atoms with Crippen molar-refractivity contribution in [1.29, 1.82) is 0 Å². The first-order valence-electron chi connectivity index (χ1n) is 11.8. The first-order chi connectivity index (χ1) is 18.2. The Bertz CT molecular complexity index is 1680. The predicted octanol–water partition coefficient (Wildman–Crippen LogP) is 5.61. The number of nitrogens with zero attached hydrogens (tertiary/aromatic N) is 2. The Kier molecular flexibility index (Phi) is 5.77. The number of carbonyl (C=O) groups is 2. The van der Waals surface area contributed by atoms with Gasteiger partial charge in [0.2, 0.25) is 0 Å². The molecule has 4 aromatic rings. The maximum absolute atomic E-state index is 13.5. The third-order valence-electron chi connectivity index (χ3n) is 6.68. The lowest BCUT2D eigenvalue weighted by atomic mass is 9.94. The smallest absolute Gasteiger partial charge is 0.301 e. The number of aliphatic hydroxyl groups excluding tert-OH is 1. The van der Waals surface area contributed by atoms with Crippen molar-refractivity contribution in [2.45, 2.75) is 25.5 Å². The Hall–Kier alpha value is -4.08. The maximum atomic E-state index is 13.5. The number of rotatable bonds is 4. The van der Waals surface area contributed by atoms with Crippen LogP contribution >= 0.6 is 22.9 Å². The fourth-order valence-corrected chi connectivity index (χ4v) is 6.19. The molecule has 1 saturated heterocycles. The Balaban J connectivity index is 1.55. The number of fused-ring (bicyclic) bond motifs is 2. The Morgan fingerprint density at radius 1 is 1.16 bits per heavy atom. The van der Waals surface area contributed by atoms with E-state index < -0.39 is 17.7 Å². The van der Waals surface area contributed by atoms with Gasteiger partial charge in [0.05, 0.1) is 28.9 Å². The minimum atomic E-state index is -1.02. The molecule has 0 unspecified atom stereocenters. The number of benzene rings is 3. The summed E-state index contributed by atoms with van der Waals surface area (Å²) in [5, 5.41) is 22.5. The van der Waals surface area contributed by atoms with Gasteiger partial charge in [-0.25, -0.2) is 4.98 Å². The minimum Gasteiger partial charge on any atom is -0.507 e. The molecule has 2 N–H and O–H groups in total. The molecule has 2 aliphatic rings. The van der Waals surface area contributed by atoms with Gasteiger partial charge in [-0.1, -0.05) is 29.0 Å². The SMILES string of the molecule is COc1cc([C@H]2/C(=C(\O)c3ccc4c(c3)C[C@@H](C)O4)C(=O)C(=O)N2c2nc3ccc(Cl)cc3s2)ccc1O. The second-order valence-electron chi connectivity index (χ2n) is 9.16. The Morgan fingerprint density at radius 2 is 1.97 bits per heavy atom. The first-order valence-corrected chi connectivity index (χ1v) is 13.0. The molecule has 2 aliphatic heterocycles. The van der Waals surface area contributed by atoms with Gasteiger partial charge in [-0.3, -0.25) is 14.5 Å². The van der Waals surface area contributed by atoms with E-state index in [1.54, 1.807) is 42.5 Å². The largest absolute Gasteiger partial charge is 0.507 e. The molecule has 8 nitrogen and oxygen atoms in total. The number of aromatic hydroxyl groups is 1. The number of phenols is 1. The molecule has 3 aromatic carbocycles. The molecule has 10 heteroatoms. The summed E-state index contributed by atoms with van der Waals surface area (Å²) in [6, 6.07) is 13.9. The molecule has 0 radical (unpaired) electrons. The van der Waals surface area contributed by atoms with Crippen molar-refractivity contribution < 1.29 is 29.3 Å². The Labute approximate surface area is 226 Å². The number of phenolic OH excluding ortho intramolecular Hbond substituents is 1. The fourth-order valence-electron chi connectivity index (χ4n) is 4.92. The summed E-state index contributed by atoms with van der Waals surface area (Å²) in [6.45, 7) is 1.95. The van der Waals surface area contributed by atoms with Crippen LogP contribution in [0.2, 0.25) is 5.02 Å². The third kappa shape index (κ3) is 3.86. The van der Waals surface area contributed by atoms with Crippen molar-refractivity contribution in [2.24, 2.45) is 0 Å². The number of Topliss-reactive ketones (excluding diaryl/α,β-unsaturated/α-hetero) is 1. The van der Waals surface area contributed by atoms with Gasteiger partial charge >= 0.3 is 5.91 Å². The van der Waals surface area contributed by atoms with E-state index in [0.717, 1.165) is 16.0 Å². The van der Waals surface area contributed by atoms with Crippen LogP contribution < -0.4 is 14.4 Å². The van der Waals surface area contributed by atoms with Crippen molar-refractivity contribution >= 4 is 55.7 Å². The van der Waals surface area contributed by atoms with E-state index in [2.05, 4.69) is 4.98 Å². The van der Waals surface area contributed by atoms with Crippen molar-refractivity contribution in [3.05, 3.63) is 81.9 Å². The minimum absolute atomic E-state index is 0.00461. The van der Waals surface area contributed by atoms with Crippen LogP contribution in [-0.4, -0.2) is 40.1 Å². The van der Waals surface area contributed by atoms with Gasteiger partial charge in [-0.15, -0.1) is 0 Å². The number of hydrogen-bond acceptors (Lipinski definition) is 8. The highest BCUT2D eigenvalue weighted by molar-refractivity contribution is 7.22. The normalized spacial score (nSPS) is 20.1. The monoisotopic (exact) mass is 548 g/mol. The van der Waals surface area contributed by atoms with Crippen molar-refractivity contribution in [3.63, 3.8) is 0 Å². The average molecular weight is 549 g/mol. The number of halogens is 1. The maximum Gasteiger partial charge on any atom is 0.301 e. The summed E-state index contributed by atoms with van der Waals surface area (Å²) < 4.78 is 11.8. The zero-order valence-electron chi connectivity index (χ0n) is 20.3. The molecule has 0 saturated carbocycles. The van der Waals surface area contributed by atoms with Gasteiger partial charge in [-0.05, 0) is 66.6 Å². The van der Waals surface area contributed by atoms with Gasteiger partial charge in [0.25, 0.3) is 5.78 Å². The topological polar surface area (TPSA) is 109 Å².